The number of amides is 1. The van der Waals surface area contributed by atoms with Gasteiger partial charge in [-0.15, -0.1) is 10.2 Å². The van der Waals surface area contributed by atoms with E-state index >= 15 is 0 Å². The van der Waals surface area contributed by atoms with E-state index in [9.17, 15) is 4.79 Å². The quantitative estimate of drug-likeness (QED) is 0.324. The van der Waals surface area contributed by atoms with Crippen molar-refractivity contribution in [2.75, 3.05) is 0 Å². The molecule has 4 aromatic rings. The van der Waals surface area contributed by atoms with Crippen LogP contribution in [0.3, 0.4) is 0 Å². The van der Waals surface area contributed by atoms with E-state index in [0.717, 1.165) is 27.8 Å². The van der Waals surface area contributed by atoms with Crippen LogP contribution in [0.1, 0.15) is 29.4 Å². The molecule has 0 saturated carbocycles. The van der Waals surface area contributed by atoms with Crippen molar-refractivity contribution in [2.45, 2.75) is 44.3 Å². The van der Waals surface area contributed by atoms with Gasteiger partial charge in [0, 0.05) is 18.8 Å². The van der Waals surface area contributed by atoms with Crippen LogP contribution in [-0.2, 0) is 17.9 Å². The molecule has 0 fully saturated rings. The smallest absolute Gasteiger partial charge is 0.236 e. The minimum atomic E-state index is -0.315. The topological polar surface area (TPSA) is 51.0 Å². The fourth-order valence-corrected chi connectivity index (χ4v) is 4.69. The average Bonchev–Trinajstić information content (AvgIpc) is 3.19. The van der Waals surface area contributed by atoms with Gasteiger partial charge in [0.1, 0.15) is 5.82 Å². The summed E-state index contributed by atoms with van der Waals surface area (Å²) in [4.78, 5) is 15.5. The number of thioether (sulfide) groups is 1. The third-order valence-electron chi connectivity index (χ3n) is 5.46. The number of hydrogen-bond acceptors (Lipinski definition) is 4. The Balaban J connectivity index is 1.56. The fraction of sp³-hybridized carbons (Fsp3) is 0.222. The van der Waals surface area contributed by atoms with Crippen LogP contribution in [0.25, 0.3) is 5.69 Å². The molecule has 0 N–H and O–H groups in total. The molecule has 6 heteroatoms. The predicted octanol–water partition coefficient (Wildman–Crippen LogP) is 5.59. The van der Waals surface area contributed by atoms with Gasteiger partial charge in [0.15, 0.2) is 5.16 Å². The van der Waals surface area contributed by atoms with Crippen LogP contribution in [0.15, 0.2) is 90.1 Å². The van der Waals surface area contributed by atoms with Gasteiger partial charge in [0.2, 0.25) is 5.91 Å². The van der Waals surface area contributed by atoms with E-state index < -0.39 is 0 Å². The van der Waals surface area contributed by atoms with Gasteiger partial charge in [-0.25, -0.2) is 0 Å². The van der Waals surface area contributed by atoms with E-state index in [0.29, 0.717) is 13.1 Å². The van der Waals surface area contributed by atoms with Gasteiger partial charge in [-0.2, -0.15) is 0 Å². The van der Waals surface area contributed by atoms with Crippen LogP contribution in [-0.4, -0.2) is 30.8 Å². The van der Waals surface area contributed by atoms with E-state index in [1.54, 1.807) is 0 Å². The zero-order chi connectivity index (χ0) is 23.2. The number of carbonyl (C=O) groups excluding carboxylic acids is 1. The summed E-state index contributed by atoms with van der Waals surface area (Å²) in [5.74, 6) is 0.871. The highest BCUT2D eigenvalue weighted by Crippen LogP contribution is 2.27. The lowest BCUT2D eigenvalue weighted by Gasteiger charge is -2.26. The first-order valence-electron chi connectivity index (χ1n) is 11.0. The Labute approximate surface area is 199 Å². The van der Waals surface area contributed by atoms with Gasteiger partial charge >= 0.3 is 0 Å². The van der Waals surface area contributed by atoms with Crippen LogP contribution in [0, 0.1) is 13.8 Å². The van der Waals surface area contributed by atoms with Crippen LogP contribution in [0.4, 0.5) is 0 Å². The summed E-state index contributed by atoms with van der Waals surface area (Å²) in [6, 6.07) is 28.5. The number of rotatable bonds is 8. The maximum absolute atomic E-state index is 13.6. The highest BCUT2D eigenvalue weighted by molar-refractivity contribution is 8.00. The summed E-state index contributed by atoms with van der Waals surface area (Å²) >= 11 is 1.45. The van der Waals surface area contributed by atoms with E-state index in [-0.39, 0.29) is 11.2 Å². The number of nitrogens with zero attached hydrogens (tertiary/aromatic N) is 4. The van der Waals surface area contributed by atoms with Gasteiger partial charge in [-0.05, 0) is 44.0 Å². The van der Waals surface area contributed by atoms with Gasteiger partial charge in [0.05, 0.1) is 5.25 Å². The molecule has 5 nitrogen and oxygen atoms in total. The number of carbonyl (C=O) groups is 1. The Bertz CT molecular complexity index is 1150. The Hall–Kier alpha value is -3.38. The van der Waals surface area contributed by atoms with Crippen molar-refractivity contribution < 1.29 is 4.79 Å². The molecule has 0 aliphatic rings. The van der Waals surface area contributed by atoms with Gasteiger partial charge in [-0.1, -0.05) is 90.1 Å². The summed E-state index contributed by atoms with van der Waals surface area (Å²) in [6.45, 7) is 7.06. The second kappa shape index (κ2) is 10.5. The van der Waals surface area contributed by atoms with Crippen molar-refractivity contribution in [2.24, 2.45) is 0 Å². The molecular formula is C27H28N4OS. The van der Waals surface area contributed by atoms with Crippen molar-refractivity contribution in [3.8, 4) is 5.69 Å². The first-order chi connectivity index (χ1) is 16.0. The van der Waals surface area contributed by atoms with E-state index in [4.69, 9.17) is 0 Å². The van der Waals surface area contributed by atoms with Crippen molar-refractivity contribution >= 4 is 17.7 Å². The third-order valence-corrected chi connectivity index (χ3v) is 6.49. The zero-order valence-corrected chi connectivity index (χ0v) is 20.0. The molecule has 33 heavy (non-hydrogen) atoms. The second-order valence-electron chi connectivity index (χ2n) is 8.13. The summed E-state index contributed by atoms with van der Waals surface area (Å²) in [6.07, 6.45) is 0. The summed E-state index contributed by atoms with van der Waals surface area (Å²) in [5, 5.41) is 9.05. The van der Waals surface area contributed by atoms with Crippen LogP contribution >= 0.6 is 11.8 Å². The standard InChI is InChI=1S/C27H28N4OS/c1-20-14-16-25(17-15-20)31-22(3)28-29-27(31)33-21(2)26(32)30(18-23-10-6-4-7-11-23)19-24-12-8-5-9-13-24/h4-17,21H,18-19H2,1-3H3. The Kier molecular flexibility index (Phi) is 7.25. The van der Waals surface area contributed by atoms with Crippen molar-refractivity contribution in [3.05, 3.63) is 107 Å². The lowest BCUT2D eigenvalue weighted by atomic mass is 10.1. The summed E-state index contributed by atoms with van der Waals surface area (Å²) in [7, 11) is 0. The molecule has 0 radical (unpaired) electrons. The van der Waals surface area contributed by atoms with E-state index in [1.807, 2.05) is 59.7 Å². The first kappa shape index (κ1) is 22.8. The predicted molar refractivity (Wildman–Crippen MR) is 133 cm³/mol. The maximum atomic E-state index is 13.6. The largest absolute Gasteiger partial charge is 0.333 e. The lowest BCUT2D eigenvalue weighted by Crippen LogP contribution is -2.35. The molecule has 1 amide bonds. The highest BCUT2D eigenvalue weighted by atomic mass is 32.2. The van der Waals surface area contributed by atoms with Gasteiger partial charge in [-0.3, -0.25) is 9.36 Å². The average molecular weight is 457 g/mol. The maximum Gasteiger partial charge on any atom is 0.236 e. The van der Waals surface area contributed by atoms with E-state index in [2.05, 4.69) is 65.7 Å². The van der Waals surface area contributed by atoms with Gasteiger partial charge < -0.3 is 4.90 Å². The van der Waals surface area contributed by atoms with E-state index in [1.165, 1.54) is 17.3 Å². The second-order valence-corrected chi connectivity index (χ2v) is 9.43. The van der Waals surface area contributed by atoms with Crippen molar-refractivity contribution in [3.63, 3.8) is 0 Å². The number of benzene rings is 3. The van der Waals surface area contributed by atoms with Crippen LogP contribution in [0.2, 0.25) is 0 Å². The van der Waals surface area contributed by atoms with Crippen LogP contribution in [0.5, 0.6) is 0 Å². The Morgan fingerprint density at radius 1 is 0.848 bits per heavy atom. The molecule has 168 valence electrons. The monoisotopic (exact) mass is 456 g/mol. The first-order valence-corrected chi connectivity index (χ1v) is 11.9. The normalized spacial score (nSPS) is 11.8. The zero-order valence-electron chi connectivity index (χ0n) is 19.2. The number of aryl methyl sites for hydroxylation is 2. The number of hydrogen-bond donors (Lipinski definition) is 0. The molecule has 3 aromatic carbocycles. The molecule has 0 saturated heterocycles. The highest BCUT2D eigenvalue weighted by Gasteiger charge is 2.25. The molecule has 0 spiro atoms. The molecule has 0 bridgehead atoms. The SMILES string of the molecule is Cc1ccc(-n2c(C)nnc2SC(C)C(=O)N(Cc2ccccc2)Cc2ccccc2)cc1. The Morgan fingerprint density at radius 3 is 1.94 bits per heavy atom. The summed E-state index contributed by atoms with van der Waals surface area (Å²) in [5.41, 5.74) is 4.41. The van der Waals surface area contributed by atoms with Crippen LogP contribution < -0.4 is 0 Å². The molecule has 1 atom stereocenters. The molecule has 0 aliphatic heterocycles. The molecular weight excluding hydrogens is 428 g/mol. The molecule has 4 rings (SSSR count). The molecule has 1 unspecified atom stereocenters. The molecule has 1 heterocycles. The molecule has 1 aromatic heterocycles. The minimum Gasteiger partial charge on any atom is -0.333 e. The fourth-order valence-electron chi connectivity index (χ4n) is 3.70. The Morgan fingerprint density at radius 2 is 1.39 bits per heavy atom. The van der Waals surface area contributed by atoms with Gasteiger partial charge in [0.25, 0.3) is 0 Å². The van der Waals surface area contributed by atoms with Crippen molar-refractivity contribution in [1.29, 1.82) is 0 Å². The third kappa shape index (κ3) is 5.71. The minimum absolute atomic E-state index is 0.0730. The molecule has 0 aliphatic carbocycles. The number of aromatic nitrogens is 3. The lowest BCUT2D eigenvalue weighted by molar-refractivity contribution is -0.131. The van der Waals surface area contributed by atoms with Crippen molar-refractivity contribution in [1.82, 2.24) is 19.7 Å². The summed E-state index contributed by atoms with van der Waals surface area (Å²) < 4.78 is 2.01.